The van der Waals surface area contributed by atoms with Gasteiger partial charge in [-0.3, -0.25) is 0 Å². The molecule has 0 aliphatic carbocycles. The van der Waals surface area contributed by atoms with Gasteiger partial charge in [0.2, 0.25) is 0 Å². The van der Waals surface area contributed by atoms with Crippen molar-refractivity contribution in [3.05, 3.63) is 29.0 Å². The van der Waals surface area contributed by atoms with E-state index in [9.17, 15) is 0 Å². The molecule has 0 aliphatic rings. The quantitative estimate of drug-likeness (QED) is 0.351. The number of rotatable bonds is 0. The van der Waals surface area contributed by atoms with Crippen molar-refractivity contribution in [2.45, 2.75) is 0 Å². The smallest absolute Gasteiger partial charge is 0.324 e. The summed E-state index contributed by atoms with van der Waals surface area (Å²) in [6, 6.07) is 7.92. The normalized spacial score (nSPS) is 10.0. The molecule has 0 fully saturated rings. The number of para-hydroxylation sites is 2. The summed E-state index contributed by atoms with van der Waals surface area (Å²) in [5.74, 6) is 0. The van der Waals surface area contributed by atoms with Crippen molar-refractivity contribution in [3.8, 4) is 0 Å². The van der Waals surface area contributed by atoms with E-state index in [2.05, 4.69) is 9.97 Å². The lowest BCUT2D eigenvalue weighted by Crippen LogP contribution is -1.63. The summed E-state index contributed by atoms with van der Waals surface area (Å²) in [4.78, 5) is 27.7. The van der Waals surface area contributed by atoms with Crippen molar-refractivity contribution in [2.75, 3.05) is 0 Å². The molecule has 1 heterocycles. The van der Waals surface area contributed by atoms with Gasteiger partial charge >= 0.3 is 8.60 Å². The zero-order valence-corrected chi connectivity index (χ0v) is 8.72. The lowest BCUT2D eigenvalue weighted by Gasteiger charge is -1.82. The Hall–Kier alpha value is -0.780. The Morgan fingerprint density at radius 3 is 1.71 bits per heavy atom. The van der Waals surface area contributed by atoms with Crippen molar-refractivity contribution in [3.63, 3.8) is 0 Å². The standard InChI is InChI=1S/C7H6N2S.H3O3P/c10-7-8-5-3-1-2-4-6(5)9-7;1-4(2)3/h1-4H,(H2,8,9,10);1-3H. The summed E-state index contributed by atoms with van der Waals surface area (Å²) in [5, 5.41) is 0. The molecule has 0 aliphatic heterocycles. The Morgan fingerprint density at radius 1 is 1.00 bits per heavy atom. The third-order valence-electron chi connectivity index (χ3n) is 1.42. The van der Waals surface area contributed by atoms with Crippen LogP contribution in [0.15, 0.2) is 24.3 Å². The number of H-pyrrole nitrogens is 2. The van der Waals surface area contributed by atoms with E-state index < -0.39 is 8.60 Å². The van der Waals surface area contributed by atoms with Crippen molar-refractivity contribution < 1.29 is 14.7 Å². The average molecular weight is 232 g/mol. The number of hydrogen-bond acceptors (Lipinski definition) is 4. The number of benzene rings is 1. The molecule has 0 radical (unpaired) electrons. The highest BCUT2D eigenvalue weighted by Crippen LogP contribution is 2.11. The minimum atomic E-state index is -2.62. The molecule has 76 valence electrons. The maximum absolute atomic E-state index is 7.23. The lowest BCUT2D eigenvalue weighted by molar-refractivity contribution is 0.368. The van der Waals surface area contributed by atoms with E-state index in [-0.39, 0.29) is 0 Å². The van der Waals surface area contributed by atoms with E-state index in [1.165, 1.54) is 0 Å². The van der Waals surface area contributed by atoms with Crippen LogP contribution in [0, 0.1) is 4.77 Å². The molecule has 0 saturated carbocycles. The molecule has 0 unspecified atom stereocenters. The highest BCUT2D eigenvalue weighted by Gasteiger charge is 1.90. The first kappa shape index (κ1) is 11.3. The zero-order chi connectivity index (χ0) is 10.6. The van der Waals surface area contributed by atoms with Gasteiger partial charge < -0.3 is 24.6 Å². The Kier molecular flexibility index (Phi) is 4.19. The zero-order valence-electron chi connectivity index (χ0n) is 7.01. The van der Waals surface area contributed by atoms with Crippen molar-refractivity contribution in [1.82, 2.24) is 9.97 Å². The van der Waals surface area contributed by atoms with Gasteiger partial charge in [0.1, 0.15) is 0 Å². The molecule has 5 N–H and O–H groups in total. The fourth-order valence-corrected chi connectivity index (χ4v) is 1.20. The van der Waals surface area contributed by atoms with E-state index in [4.69, 9.17) is 26.9 Å². The van der Waals surface area contributed by atoms with E-state index in [0.717, 1.165) is 11.0 Å². The number of fused-ring (bicyclic) bond motifs is 1. The first-order chi connectivity index (χ1) is 6.59. The van der Waals surface area contributed by atoms with E-state index in [0.29, 0.717) is 4.77 Å². The summed E-state index contributed by atoms with van der Waals surface area (Å²) in [6.45, 7) is 0. The van der Waals surface area contributed by atoms with Gasteiger partial charge in [-0.1, -0.05) is 12.1 Å². The van der Waals surface area contributed by atoms with Crippen LogP contribution in [-0.4, -0.2) is 24.6 Å². The summed E-state index contributed by atoms with van der Waals surface area (Å²) in [6.07, 6.45) is 0. The fraction of sp³-hybridized carbons (Fsp3) is 0. The molecule has 0 atom stereocenters. The van der Waals surface area contributed by atoms with Gasteiger partial charge in [-0.15, -0.1) is 0 Å². The number of imidazole rings is 1. The maximum atomic E-state index is 7.23. The Labute approximate surface area is 86.0 Å². The van der Waals surface area contributed by atoms with Crippen molar-refractivity contribution >= 4 is 31.9 Å². The molecule has 5 nitrogen and oxygen atoms in total. The second kappa shape index (κ2) is 5.19. The summed E-state index contributed by atoms with van der Waals surface area (Å²) in [7, 11) is -2.62. The molecule has 2 rings (SSSR count). The summed E-state index contributed by atoms with van der Waals surface area (Å²) < 4.78 is 0.682. The summed E-state index contributed by atoms with van der Waals surface area (Å²) >= 11 is 4.90. The van der Waals surface area contributed by atoms with Gasteiger partial charge in [0.15, 0.2) is 4.77 Å². The largest absolute Gasteiger partial charge is 0.331 e. The Morgan fingerprint density at radius 2 is 1.36 bits per heavy atom. The van der Waals surface area contributed by atoms with Crippen LogP contribution in [0.25, 0.3) is 11.0 Å². The van der Waals surface area contributed by atoms with E-state index in [1.54, 1.807) is 0 Å². The predicted molar refractivity (Wildman–Crippen MR) is 57.1 cm³/mol. The fourth-order valence-electron chi connectivity index (χ4n) is 0.977. The third kappa shape index (κ3) is 3.53. The van der Waals surface area contributed by atoms with Crippen LogP contribution < -0.4 is 0 Å². The summed E-state index contributed by atoms with van der Waals surface area (Å²) in [5.41, 5.74) is 2.13. The topological polar surface area (TPSA) is 92.3 Å². The van der Waals surface area contributed by atoms with Crippen LogP contribution in [0.2, 0.25) is 0 Å². The number of aromatic nitrogens is 2. The number of nitrogens with one attached hydrogen (secondary N) is 2. The van der Waals surface area contributed by atoms with E-state index in [1.807, 2.05) is 24.3 Å². The van der Waals surface area contributed by atoms with Crippen LogP contribution in [0.1, 0.15) is 0 Å². The molecule has 0 saturated heterocycles. The van der Waals surface area contributed by atoms with Gasteiger partial charge in [0.25, 0.3) is 0 Å². The van der Waals surface area contributed by atoms with E-state index >= 15 is 0 Å². The highest BCUT2D eigenvalue weighted by atomic mass is 32.1. The number of aromatic amines is 2. The molecular weight excluding hydrogens is 223 g/mol. The minimum Gasteiger partial charge on any atom is -0.331 e. The number of hydrogen-bond donors (Lipinski definition) is 5. The first-order valence-electron chi connectivity index (χ1n) is 3.63. The highest BCUT2D eigenvalue weighted by molar-refractivity contribution is 7.71. The van der Waals surface area contributed by atoms with Crippen LogP contribution >= 0.6 is 20.8 Å². The second-order valence-corrected chi connectivity index (χ2v) is 3.34. The third-order valence-corrected chi connectivity index (χ3v) is 1.63. The Balaban J connectivity index is 0.000000213. The van der Waals surface area contributed by atoms with Gasteiger partial charge in [-0.25, -0.2) is 0 Å². The molecule has 0 bridgehead atoms. The average Bonchev–Trinajstić information content (AvgIpc) is 2.42. The lowest BCUT2D eigenvalue weighted by atomic mass is 10.3. The van der Waals surface area contributed by atoms with Gasteiger partial charge in [-0.05, 0) is 24.4 Å². The monoisotopic (exact) mass is 232 g/mol. The molecule has 1 aromatic carbocycles. The van der Waals surface area contributed by atoms with Crippen molar-refractivity contribution in [2.24, 2.45) is 0 Å². The van der Waals surface area contributed by atoms with Crippen LogP contribution in [0.5, 0.6) is 0 Å². The second-order valence-electron chi connectivity index (χ2n) is 2.39. The molecule has 1 aromatic heterocycles. The molecule has 0 spiro atoms. The van der Waals surface area contributed by atoms with Crippen molar-refractivity contribution in [1.29, 1.82) is 0 Å². The predicted octanol–water partition coefficient (Wildman–Crippen LogP) is 1.42. The van der Waals surface area contributed by atoms with Gasteiger partial charge in [0, 0.05) is 0 Å². The van der Waals surface area contributed by atoms with Gasteiger partial charge in [0.05, 0.1) is 11.0 Å². The SMILES string of the molecule is OP(O)O.S=c1[nH]c2ccccc2[nH]1. The van der Waals surface area contributed by atoms with Crippen LogP contribution in [0.4, 0.5) is 0 Å². The van der Waals surface area contributed by atoms with Crippen LogP contribution in [-0.2, 0) is 0 Å². The minimum absolute atomic E-state index is 0.682. The molecule has 0 amide bonds. The molecule has 7 heteroatoms. The van der Waals surface area contributed by atoms with Gasteiger partial charge in [-0.2, -0.15) is 0 Å². The Bertz CT molecular complexity index is 414. The maximum Gasteiger partial charge on any atom is 0.324 e. The first-order valence-corrected chi connectivity index (χ1v) is 5.24. The molecular formula is C7H9N2O3PS. The van der Waals surface area contributed by atoms with Crippen LogP contribution in [0.3, 0.4) is 0 Å². The molecule has 2 aromatic rings. The molecule has 14 heavy (non-hydrogen) atoms.